The number of methoxy groups -OCH3 is 1. The Labute approximate surface area is 170 Å². The average molecular weight is 447 g/mol. The number of anilines is 1. The summed E-state index contributed by atoms with van der Waals surface area (Å²) in [6.07, 6.45) is 0. The molecule has 1 aromatic heterocycles. The number of thioether (sulfide) groups is 1. The van der Waals surface area contributed by atoms with E-state index in [4.69, 9.17) is 10.6 Å². The topological polar surface area (TPSA) is 90.3 Å². The largest absolute Gasteiger partial charge is 0.497 e. The maximum Gasteiger partial charge on any atom is 0.264 e. The molecule has 0 atom stereocenters. The summed E-state index contributed by atoms with van der Waals surface area (Å²) in [5.74, 6) is 7.96. The van der Waals surface area contributed by atoms with Gasteiger partial charge in [-0.2, -0.15) is 5.10 Å². The summed E-state index contributed by atoms with van der Waals surface area (Å²) in [6.45, 7) is 1.89. The van der Waals surface area contributed by atoms with Crippen molar-refractivity contribution < 1.29 is 4.74 Å². The second kappa shape index (κ2) is 8.92. The molecule has 0 aliphatic carbocycles. The minimum atomic E-state index is 0.369. The number of aromatic nitrogens is 3. The van der Waals surface area contributed by atoms with Crippen molar-refractivity contribution in [3.05, 3.63) is 64.1 Å². The molecule has 3 N–H and O–H groups in total. The first-order valence-corrected chi connectivity index (χ1v) is 9.87. The van der Waals surface area contributed by atoms with Crippen LogP contribution in [0.5, 0.6) is 5.75 Å². The number of hydrazone groups is 1. The van der Waals surface area contributed by atoms with Crippen LogP contribution in [0.4, 0.5) is 5.95 Å². The summed E-state index contributed by atoms with van der Waals surface area (Å²) in [5.41, 5.74) is 5.75. The van der Waals surface area contributed by atoms with Gasteiger partial charge in [0, 0.05) is 15.8 Å². The van der Waals surface area contributed by atoms with E-state index in [1.165, 1.54) is 22.0 Å². The lowest BCUT2D eigenvalue weighted by molar-refractivity contribution is 0.414. The molecule has 0 aliphatic rings. The van der Waals surface area contributed by atoms with E-state index in [9.17, 15) is 0 Å². The Morgan fingerprint density at radius 1 is 1.26 bits per heavy atom. The molecule has 0 radical (unpaired) electrons. The van der Waals surface area contributed by atoms with Gasteiger partial charge in [0.1, 0.15) is 5.75 Å². The van der Waals surface area contributed by atoms with Crippen LogP contribution in [0.25, 0.3) is 0 Å². The molecule has 1 heterocycles. The molecule has 0 spiro atoms. The van der Waals surface area contributed by atoms with Crippen LogP contribution in [0.1, 0.15) is 18.1 Å². The molecule has 0 unspecified atom stereocenters. The Hall–Kier alpha value is -2.52. The number of nitrogen functional groups attached to an aromatic ring is 1. The molecular formula is C18H19BrN6OS. The molecule has 0 saturated heterocycles. The van der Waals surface area contributed by atoms with E-state index in [2.05, 4.69) is 48.8 Å². The normalized spacial score (nSPS) is 11.4. The summed E-state index contributed by atoms with van der Waals surface area (Å²) in [4.78, 5) is 0. The second-order valence-corrected chi connectivity index (χ2v) is 7.49. The molecule has 0 amide bonds. The maximum atomic E-state index is 6.08. The van der Waals surface area contributed by atoms with Crippen molar-refractivity contribution in [2.24, 2.45) is 5.10 Å². The number of halogens is 1. The van der Waals surface area contributed by atoms with Crippen LogP contribution in [0.15, 0.2) is 63.3 Å². The van der Waals surface area contributed by atoms with E-state index in [1.54, 1.807) is 7.11 Å². The summed E-state index contributed by atoms with van der Waals surface area (Å²) < 4.78 is 7.67. The predicted octanol–water partition coefficient (Wildman–Crippen LogP) is 3.89. The number of nitrogens with one attached hydrogen (secondary N) is 1. The molecule has 0 saturated carbocycles. The molecule has 0 bridgehead atoms. The standard InChI is InChI=1S/C18H19BrN6OS/c1-12(14-6-4-8-16(10-14)26-2)21-22-17-23-24-18(25(17)20)27-11-13-5-3-7-15(19)9-13/h3-10H,11,20H2,1-2H3,(H,22,23)/b21-12+. The SMILES string of the molecule is COc1cccc(/C(C)=N/Nc2nnc(SCc3cccc(Br)c3)n2N)c1. The lowest BCUT2D eigenvalue weighted by atomic mass is 10.1. The highest BCUT2D eigenvalue weighted by Gasteiger charge is 2.10. The third-order valence-electron chi connectivity index (χ3n) is 3.73. The van der Waals surface area contributed by atoms with Crippen LogP contribution >= 0.6 is 27.7 Å². The second-order valence-electron chi connectivity index (χ2n) is 5.64. The third kappa shape index (κ3) is 5.01. The molecule has 2 aromatic carbocycles. The number of benzene rings is 2. The third-order valence-corrected chi connectivity index (χ3v) is 5.24. The molecular weight excluding hydrogens is 428 g/mol. The van der Waals surface area contributed by atoms with Crippen molar-refractivity contribution in [1.82, 2.24) is 14.9 Å². The van der Waals surface area contributed by atoms with E-state index >= 15 is 0 Å². The highest BCUT2D eigenvalue weighted by Crippen LogP contribution is 2.23. The Morgan fingerprint density at radius 2 is 2.07 bits per heavy atom. The number of nitrogens with two attached hydrogens (primary N) is 1. The zero-order chi connectivity index (χ0) is 19.2. The van der Waals surface area contributed by atoms with Gasteiger partial charge in [0.25, 0.3) is 5.95 Å². The van der Waals surface area contributed by atoms with Crippen LogP contribution < -0.4 is 16.0 Å². The molecule has 7 nitrogen and oxygen atoms in total. The van der Waals surface area contributed by atoms with Gasteiger partial charge in [0.2, 0.25) is 5.16 Å². The van der Waals surface area contributed by atoms with Crippen LogP contribution in [0, 0.1) is 0 Å². The van der Waals surface area contributed by atoms with Gasteiger partial charge in [-0.15, -0.1) is 10.2 Å². The Bertz CT molecular complexity index is 959. The van der Waals surface area contributed by atoms with E-state index in [-0.39, 0.29) is 0 Å². The number of hydrogen-bond acceptors (Lipinski definition) is 7. The van der Waals surface area contributed by atoms with Gasteiger partial charge < -0.3 is 10.6 Å². The van der Waals surface area contributed by atoms with Gasteiger partial charge in [-0.25, -0.2) is 10.1 Å². The Kier molecular flexibility index (Phi) is 6.36. The molecule has 27 heavy (non-hydrogen) atoms. The van der Waals surface area contributed by atoms with Crippen molar-refractivity contribution in [3.63, 3.8) is 0 Å². The summed E-state index contributed by atoms with van der Waals surface area (Å²) in [5, 5.41) is 13.1. The lowest BCUT2D eigenvalue weighted by Gasteiger charge is -2.06. The molecule has 9 heteroatoms. The molecule has 0 aliphatic heterocycles. The quantitative estimate of drug-likeness (QED) is 0.247. The maximum absolute atomic E-state index is 6.08. The fourth-order valence-electron chi connectivity index (χ4n) is 2.27. The van der Waals surface area contributed by atoms with Crippen molar-refractivity contribution >= 4 is 39.4 Å². The zero-order valence-electron chi connectivity index (χ0n) is 14.9. The van der Waals surface area contributed by atoms with Crippen molar-refractivity contribution in [2.75, 3.05) is 18.4 Å². The van der Waals surface area contributed by atoms with Gasteiger partial charge in [0.05, 0.1) is 12.8 Å². The van der Waals surface area contributed by atoms with E-state index in [0.717, 1.165) is 27.3 Å². The van der Waals surface area contributed by atoms with Crippen molar-refractivity contribution in [1.29, 1.82) is 0 Å². The lowest BCUT2D eigenvalue weighted by Crippen LogP contribution is -2.13. The number of rotatable bonds is 7. The molecule has 0 fully saturated rings. The number of ether oxygens (including phenoxy) is 1. The fourth-order valence-corrected chi connectivity index (χ4v) is 3.52. The van der Waals surface area contributed by atoms with Crippen molar-refractivity contribution in [3.8, 4) is 5.75 Å². The summed E-state index contributed by atoms with van der Waals surface area (Å²) in [6, 6.07) is 15.8. The number of hydrogen-bond donors (Lipinski definition) is 2. The van der Waals surface area contributed by atoms with Gasteiger partial charge in [-0.1, -0.05) is 52.0 Å². The van der Waals surface area contributed by atoms with Gasteiger partial charge in [0.15, 0.2) is 0 Å². The monoisotopic (exact) mass is 446 g/mol. The van der Waals surface area contributed by atoms with Crippen LogP contribution in [-0.4, -0.2) is 27.7 Å². The van der Waals surface area contributed by atoms with Gasteiger partial charge >= 0.3 is 0 Å². The first kappa shape index (κ1) is 19.2. The number of nitrogens with zero attached hydrogens (tertiary/aromatic N) is 4. The molecule has 3 aromatic rings. The Balaban J connectivity index is 1.66. The minimum Gasteiger partial charge on any atom is -0.497 e. The molecule has 140 valence electrons. The van der Waals surface area contributed by atoms with E-state index in [0.29, 0.717) is 11.1 Å². The predicted molar refractivity (Wildman–Crippen MR) is 113 cm³/mol. The molecule has 3 rings (SSSR count). The van der Waals surface area contributed by atoms with Crippen LogP contribution in [0.2, 0.25) is 0 Å². The summed E-state index contributed by atoms with van der Waals surface area (Å²) >= 11 is 4.97. The van der Waals surface area contributed by atoms with Gasteiger partial charge in [-0.05, 0) is 36.8 Å². The fraction of sp³-hybridized carbons (Fsp3) is 0.167. The zero-order valence-corrected chi connectivity index (χ0v) is 17.3. The van der Waals surface area contributed by atoms with Crippen molar-refractivity contribution in [2.45, 2.75) is 17.8 Å². The highest BCUT2D eigenvalue weighted by molar-refractivity contribution is 9.10. The van der Waals surface area contributed by atoms with Crippen LogP contribution in [-0.2, 0) is 5.75 Å². The Morgan fingerprint density at radius 3 is 2.85 bits per heavy atom. The van der Waals surface area contributed by atoms with E-state index < -0.39 is 0 Å². The van der Waals surface area contributed by atoms with E-state index in [1.807, 2.05) is 43.3 Å². The highest BCUT2D eigenvalue weighted by atomic mass is 79.9. The van der Waals surface area contributed by atoms with Crippen LogP contribution in [0.3, 0.4) is 0 Å². The first-order chi connectivity index (χ1) is 13.1. The summed E-state index contributed by atoms with van der Waals surface area (Å²) in [7, 11) is 1.63. The minimum absolute atomic E-state index is 0.369. The smallest absolute Gasteiger partial charge is 0.264 e. The average Bonchev–Trinajstić information content (AvgIpc) is 3.04. The first-order valence-electron chi connectivity index (χ1n) is 8.09. The van der Waals surface area contributed by atoms with Gasteiger partial charge in [-0.3, -0.25) is 0 Å².